The molecular weight excluding hydrogens is 442 g/mol. The molecule has 1 N–H and O–H groups in total. The first-order valence-corrected chi connectivity index (χ1v) is 12.4. The Morgan fingerprint density at radius 1 is 1.11 bits per heavy atom. The molecule has 0 aliphatic carbocycles. The average Bonchev–Trinajstić information content (AvgIpc) is 3.08. The second kappa shape index (κ2) is 11.4. The third-order valence-corrected chi connectivity index (χ3v) is 6.48. The van der Waals surface area contributed by atoms with Crippen molar-refractivity contribution in [3.05, 3.63) is 64.2 Å². The van der Waals surface area contributed by atoms with E-state index in [0.717, 1.165) is 41.7 Å². The highest BCUT2D eigenvalue weighted by Crippen LogP contribution is 2.42. The van der Waals surface area contributed by atoms with Crippen LogP contribution >= 0.6 is 0 Å². The zero-order valence-corrected chi connectivity index (χ0v) is 21.7. The third-order valence-electron chi connectivity index (χ3n) is 6.48. The summed E-state index contributed by atoms with van der Waals surface area (Å²) in [7, 11) is 1.62. The van der Waals surface area contributed by atoms with Crippen molar-refractivity contribution < 1.29 is 24.2 Å². The van der Waals surface area contributed by atoms with Crippen molar-refractivity contribution in [2.24, 2.45) is 0 Å². The van der Waals surface area contributed by atoms with Crippen LogP contribution in [0.5, 0.6) is 11.5 Å². The highest BCUT2D eigenvalue weighted by Gasteiger charge is 2.46. The van der Waals surface area contributed by atoms with Gasteiger partial charge >= 0.3 is 0 Å². The van der Waals surface area contributed by atoms with Crippen molar-refractivity contribution in [1.82, 2.24) is 4.90 Å². The number of aliphatic hydroxyl groups is 1. The van der Waals surface area contributed by atoms with Crippen molar-refractivity contribution in [1.29, 1.82) is 0 Å². The number of methoxy groups -OCH3 is 1. The molecule has 2 aromatic rings. The number of hydrogen-bond acceptors (Lipinski definition) is 5. The van der Waals surface area contributed by atoms with Gasteiger partial charge in [0.15, 0.2) is 0 Å². The molecule has 1 amide bonds. The number of aryl methyl sites for hydroxylation is 1. The number of hydrogen-bond donors (Lipinski definition) is 1. The number of aliphatic hydroxyl groups excluding tert-OH is 1. The summed E-state index contributed by atoms with van der Waals surface area (Å²) >= 11 is 0. The van der Waals surface area contributed by atoms with E-state index in [1.54, 1.807) is 12.0 Å². The zero-order chi connectivity index (χ0) is 25.7. The van der Waals surface area contributed by atoms with E-state index < -0.39 is 17.7 Å². The highest BCUT2D eigenvalue weighted by molar-refractivity contribution is 6.46. The molecular formula is C29H37NO5. The zero-order valence-electron chi connectivity index (χ0n) is 21.7. The van der Waals surface area contributed by atoms with Crippen LogP contribution in [0.1, 0.15) is 81.2 Å². The Morgan fingerprint density at radius 2 is 1.86 bits per heavy atom. The van der Waals surface area contributed by atoms with E-state index in [0.29, 0.717) is 24.5 Å². The first-order chi connectivity index (χ1) is 16.7. The Labute approximate surface area is 208 Å². The predicted octanol–water partition coefficient (Wildman–Crippen LogP) is 6.14. The Balaban J connectivity index is 2.22. The summed E-state index contributed by atoms with van der Waals surface area (Å²) in [5, 5.41) is 11.6. The molecule has 1 aliphatic rings. The number of likely N-dealkylation sites (tertiary alicyclic amines) is 1. The van der Waals surface area contributed by atoms with Gasteiger partial charge in [0.2, 0.25) is 0 Å². The summed E-state index contributed by atoms with van der Waals surface area (Å²) in [4.78, 5) is 28.1. The normalized spacial score (nSPS) is 17.3. The molecule has 1 aliphatic heterocycles. The van der Waals surface area contributed by atoms with Gasteiger partial charge in [0.05, 0.1) is 25.3 Å². The maximum atomic E-state index is 13.3. The minimum absolute atomic E-state index is 0.114. The van der Waals surface area contributed by atoms with Gasteiger partial charge in [0, 0.05) is 12.1 Å². The van der Waals surface area contributed by atoms with E-state index in [1.165, 1.54) is 0 Å². The van der Waals surface area contributed by atoms with Gasteiger partial charge in [-0.05, 0) is 67.1 Å². The smallest absolute Gasteiger partial charge is 0.295 e. The van der Waals surface area contributed by atoms with E-state index in [-0.39, 0.29) is 17.3 Å². The van der Waals surface area contributed by atoms with E-state index in [4.69, 9.17) is 9.47 Å². The lowest BCUT2D eigenvalue weighted by molar-refractivity contribution is -0.139. The molecule has 1 unspecified atom stereocenters. The number of carbonyl (C=O) groups is 2. The lowest BCUT2D eigenvalue weighted by atomic mass is 9.91. The summed E-state index contributed by atoms with van der Waals surface area (Å²) in [6, 6.07) is 10.5. The predicted molar refractivity (Wildman–Crippen MR) is 138 cm³/mol. The first-order valence-electron chi connectivity index (χ1n) is 12.4. The van der Waals surface area contributed by atoms with Crippen LogP contribution < -0.4 is 9.47 Å². The van der Waals surface area contributed by atoms with E-state index in [2.05, 4.69) is 6.92 Å². The fourth-order valence-electron chi connectivity index (χ4n) is 4.66. The van der Waals surface area contributed by atoms with Crippen molar-refractivity contribution in [3.8, 4) is 11.5 Å². The quantitative estimate of drug-likeness (QED) is 0.192. The lowest BCUT2D eigenvalue weighted by Gasteiger charge is -2.26. The number of carbonyl (C=O) groups excluding carboxylic acids is 2. The minimum atomic E-state index is -0.684. The summed E-state index contributed by atoms with van der Waals surface area (Å²) in [6.07, 6.45) is 2.73. The lowest BCUT2D eigenvalue weighted by Crippen LogP contribution is -2.30. The van der Waals surface area contributed by atoms with Crippen molar-refractivity contribution in [3.63, 3.8) is 0 Å². The van der Waals surface area contributed by atoms with Crippen LogP contribution in [0.3, 0.4) is 0 Å². The van der Waals surface area contributed by atoms with Gasteiger partial charge in [0.1, 0.15) is 17.3 Å². The van der Waals surface area contributed by atoms with Crippen LogP contribution in [0.15, 0.2) is 42.0 Å². The highest BCUT2D eigenvalue weighted by atomic mass is 16.5. The molecule has 6 heteroatoms. The van der Waals surface area contributed by atoms with Gasteiger partial charge in [-0.3, -0.25) is 9.59 Å². The van der Waals surface area contributed by atoms with Gasteiger partial charge in [-0.15, -0.1) is 0 Å². The Kier molecular flexibility index (Phi) is 8.60. The third kappa shape index (κ3) is 5.37. The molecule has 35 heavy (non-hydrogen) atoms. The maximum Gasteiger partial charge on any atom is 0.295 e. The van der Waals surface area contributed by atoms with E-state index in [9.17, 15) is 14.7 Å². The number of ketones is 1. The Morgan fingerprint density at radius 3 is 2.49 bits per heavy atom. The summed E-state index contributed by atoms with van der Waals surface area (Å²) in [5.74, 6) is 0.140. The molecule has 0 aromatic heterocycles. The van der Waals surface area contributed by atoms with Gasteiger partial charge in [0.25, 0.3) is 11.7 Å². The van der Waals surface area contributed by atoms with Crippen LogP contribution in [-0.2, 0) is 9.59 Å². The summed E-state index contributed by atoms with van der Waals surface area (Å²) in [5.41, 5.74) is 3.08. The molecule has 188 valence electrons. The fraction of sp³-hybridized carbons (Fsp3) is 0.448. The van der Waals surface area contributed by atoms with Crippen LogP contribution in [-0.4, -0.2) is 42.0 Å². The molecule has 0 radical (unpaired) electrons. The SMILES string of the molecule is CCCCCN1C(=O)C(=O)/C(=C(/O)c2cc(C(C)C)c(OC)cc2C)C1c1cccc(OCC)c1. The molecule has 6 nitrogen and oxygen atoms in total. The second-order valence-electron chi connectivity index (χ2n) is 9.27. The van der Waals surface area contributed by atoms with Gasteiger partial charge in [-0.1, -0.05) is 45.7 Å². The average molecular weight is 480 g/mol. The number of ether oxygens (including phenoxy) is 2. The Bertz CT molecular complexity index is 1120. The number of amides is 1. The molecule has 0 spiro atoms. The summed E-state index contributed by atoms with van der Waals surface area (Å²) in [6.45, 7) is 10.9. The monoisotopic (exact) mass is 479 g/mol. The van der Waals surface area contributed by atoms with Crippen molar-refractivity contribution >= 4 is 17.4 Å². The standard InChI is InChI=1S/C29H37NO5/c1-7-9-10-14-30-26(20-12-11-13-21(16-20)35-8-2)25(28(32)29(30)33)27(31)23-17-22(18(3)4)24(34-6)15-19(23)5/h11-13,15-18,26,31H,7-10,14H2,1-6H3/b27-25+. The molecule has 1 heterocycles. The molecule has 0 bridgehead atoms. The number of rotatable bonds is 10. The molecule has 3 rings (SSSR count). The number of unbranched alkanes of at least 4 members (excludes halogenated alkanes) is 2. The minimum Gasteiger partial charge on any atom is -0.507 e. The molecule has 1 fully saturated rings. The number of nitrogens with zero attached hydrogens (tertiary/aromatic N) is 1. The first kappa shape index (κ1) is 26.3. The van der Waals surface area contributed by atoms with E-state index in [1.807, 2.05) is 64.1 Å². The van der Waals surface area contributed by atoms with Crippen LogP contribution in [0.4, 0.5) is 0 Å². The van der Waals surface area contributed by atoms with Crippen LogP contribution in [0.2, 0.25) is 0 Å². The molecule has 2 aromatic carbocycles. The van der Waals surface area contributed by atoms with Crippen molar-refractivity contribution in [2.75, 3.05) is 20.3 Å². The second-order valence-corrected chi connectivity index (χ2v) is 9.27. The number of benzene rings is 2. The maximum absolute atomic E-state index is 13.3. The van der Waals surface area contributed by atoms with E-state index >= 15 is 0 Å². The Hall–Kier alpha value is -3.28. The van der Waals surface area contributed by atoms with Crippen LogP contribution in [0, 0.1) is 6.92 Å². The molecule has 1 atom stereocenters. The van der Waals surface area contributed by atoms with Gasteiger partial charge in [-0.2, -0.15) is 0 Å². The largest absolute Gasteiger partial charge is 0.507 e. The van der Waals surface area contributed by atoms with Crippen molar-refractivity contribution in [2.45, 2.75) is 65.8 Å². The fourth-order valence-corrected chi connectivity index (χ4v) is 4.66. The number of Topliss-reactive ketones (excluding diaryl/α,β-unsaturated/α-hetero) is 1. The van der Waals surface area contributed by atoms with Crippen LogP contribution in [0.25, 0.3) is 5.76 Å². The van der Waals surface area contributed by atoms with Gasteiger partial charge < -0.3 is 19.5 Å². The summed E-state index contributed by atoms with van der Waals surface area (Å²) < 4.78 is 11.2. The molecule has 0 saturated carbocycles. The topological polar surface area (TPSA) is 76.1 Å². The van der Waals surface area contributed by atoms with Gasteiger partial charge in [-0.25, -0.2) is 0 Å². The molecule has 1 saturated heterocycles.